The summed E-state index contributed by atoms with van der Waals surface area (Å²) >= 11 is 3.60. The van der Waals surface area contributed by atoms with E-state index in [9.17, 15) is 0 Å². The lowest BCUT2D eigenvalue weighted by Crippen LogP contribution is -2.17. The molecular formula is C22H23BrN4. The van der Waals surface area contributed by atoms with Crippen LogP contribution in [0.15, 0.2) is 59.1 Å². The van der Waals surface area contributed by atoms with E-state index in [0.29, 0.717) is 12.0 Å². The molecule has 1 heterocycles. The largest absolute Gasteiger partial charge is 0.351 e. The van der Waals surface area contributed by atoms with Gasteiger partial charge in [0.05, 0.1) is 5.69 Å². The number of nitrogens with zero attached hydrogens (tertiary/aromatic N) is 2. The monoisotopic (exact) mass is 422 g/mol. The maximum atomic E-state index is 4.78. The molecule has 2 aromatic carbocycles. The predicted molar refractivity (Wildman–Crippen MR) is 116 cm³/mol. The molecule has 27 heavy (non-hydrogen) atoms. The topological polar surface area (TPSA) is 49.8 Å². The van der Waals surface area contributed by atoms with Crippen LogP contribution in [-0.2, 0) is 0 Å². The molecule has 1 aromatic heterocycles. The molecule has 4 rings (SSSR count). The summed E-state index contributed by atoms with van der Waals surface area (Å²) in [6.07, 6.45) is 4.93. The Balaban J connectivity index is 1.69. The van der Waals surface area contributed by atoms with Crippen LogP contribution in [0.1, 0.15) is 31.2 Å². The first-order valence-electron chi connectivity index (χ1n) is 9.42. The van der Waals surface area contributed by atoms with Crippen molar-refractivity contribution < 1.29 is 0 Å². The molecule has 0 amide bonds. The van der Waals surface area contributed by atoms with Gasteiger partial charge in [-0.25, -0.2) is 4.98 Å². The number of hydrogen-bond acceptors (Lipinski definition) is 4. The van der Waals surface area contributed by atoms with Gasteiger partial charge in [-0.2, -0.15) is 4.98 Å². The molecule has 0 spiro atoms. The Morgan fingerprint density at radius 1 is 0.963 bits per heavy atom. The molecule has 5 heteroatoms. The van der Waals surface area contributed by atoms with E-state index in [-0.39, 0.29) is 0 Å². The van der Waals surface area contributed by atoms with Gasteiger partial charge >= 0.3 is 0 Å². The summed E-state index contributed by atoms with van der Waals surface area (Å²) in [5, 5.41) is 7.00. The number of aromatic nitrogens is 2. The third-order valence-corrected chi connectivity index (χ3v) is 5.87. The Morgan fingerprint density at radius 3 is 2.52 bits per heavy atom. The third-order valence-electron chi connectivity index (χ3n) is 5.01. The Kier molecular flexibility index (Phi) is 5.39. The average Bonchev–Trinajstić information content (AvgIpc) is 3.19. The van der Waals surface area contributed by atoms with Gasteiger partial charge in [0, 0.05) is 27.8 Å². The molecule has 1 aliphatic rings. The maximum Gasteiger partial charge on any atom is 0.225 e. The van der Waals surface area contributed by atoms with Gasteiger partial charge in [0.25, 0.3) is 0 Å². The van der Waals surface area contributed by atoms with Crippen molar-refractivity contribution in [2.45, 2.75) is 38.6 Å². The van der Waals surface area contributed by atoms with Crippen molar-refractivity contribution in [1.82, 2.24) is 9.97 Å². The van der Waals surface area contributed by atoms with Gasteiger partial charge in [-0.3, -0.25) is 0 Å². The summed E-state index contributed by atoms with van der Waals surface area (Å²) < 4.78 is 1.08. The summed E-state index contributed by atoms with van der Waals surface area (Å²) in [6, 6.07) is 18.9. The van der Waals surface area contributed by atoms with Crippen LogP contribution in [0.25, 0.3) is 11.3 Å². The molecule has 2 N–H and O–H groups in total. The number of hydrogen-bond donors (Lipinski definition) is 2. The fraction of sp³-hybridized carbons (Fsp3) is 0.273. The minimum atomic E-state index is 0.469. The van der Waals surface area contributed by atoms with Crippen LogP contribution >= 0.6 is 15.9 Å². The van der Waals surface area contributed by atoms with Crippen LogP contribution in [0.3, 0.4) is 0 Å². The Morgan fingerprint density at radius 2 is 1.74 bits per heavy atom. The molecule has 0 radical (unpaired) electrons. The number of halogens is 1. The normalized spacial score (nSPS) is 14.3. The SMILES string of the molecule is Cc1c(Br)cccc1Nc1cc(-c2ccccc2)nc(NC2CCCC2)n1. The molecule has 0 bridgehead atoms. The van der Waals surface area contributed by atoms with E-state index in [2.05, 4.69) is 51.7 Å². The minimum absolute atomic E-state index is 0.469. The molecule has 0 saturated heterocycles. The lowest BCUT2D eigenvalue weighted by molar-refractivity contribution is 0.744. The van der Waals surface area contributed by atoms with E-state index >= 15 is 0 Å². The van der Waals surface area contributed by atoms with Gasteiger partial charge in [-0.15, -0.1) is 0 Å². The smallest absolute Gasteiger partial charge is 0.225 e. The fourth-order valence-corrected chi connectivity index (χ4v) is 3.83. The minimum Gasteiger partial charge on any atom is -0.351 e. The van der Waals surface area contributed by atoms with Crippen molar-refractivity contribution in [3.05, 3.63) is 64.6 Å². The zero-order valence-corrected chi connectivity index (χ0v) is 17.0. The predicted octanol–water partition coefficient (Wildman–Crippen LogP) is 6.31. The van der Waals surface area contributed by atoms with E-state index in [1.807, 2.05) is 36.4 Å². The van der Waals surface area contributed by atoms with E-state index in [1.54, 1.807) is 0 Å². The summed E-state index contributed by atoms with van der Waals surface area (Å²) in [7, 11) is 0. The van der Waals surface area contributed by atoms with E-state index in [1.165, 1.54) is 25.7 Å². The van der Waals surface area contributed by atoms with Crippen molar-refractivity contribution in [2.24, 2.45) is 0 Å². The van der Waals surface area contributed by atoms with Crippen LogP contribution in [0.4, 0.5) is 17.5 Å². The van der Waals surface area contributed by atoms with E-state index < -0.39 is 0 Å². The fourth-order valence-electron chi connectivity index (χ4n) is 3.47. The first-order chi connectivity index (χ1) is 13.2. The van der Waals surface area contributed by atoms with E-state index in [4.69, 9.17) is 9.97 Å². The van der Waals surface area contributed by atoms with Crippen molar-refractivity contribution in [3.8, 4) is 11.3 Å². The molecule has 1 aliphatic carbocycles. The highest BCUT2D eigenvalue weighted by Crippen LogP contribution is 2.29. The number of benzene rings is 2. The quantitative estimate of drug-likeness (QED) is 0.505. The highest BCUT2D eigenvalue weighted by Gasteiger charge is 2.17. The van der Waals surface area contributed by atoms with Crippen LogP contribution in [0, 0.1) is 6.92 Å². The summed E-state index contributed by atoms with van der Waals surface area (Å²) in [5.74, 6) is 1.49. The molecule has 0 atom stereocenters. The number of nitrogens with one attached hydrogen (secondary N) is 2. The van der Waals surface area contributed by atoms with Crippen molar-refractivity contribution >= 4 is 33.4 Å². The van der Waals surface area contributed by atoms with Crippen LogP contribution < -0.4 is 10.6 Å². The first-order valence-corrected chi connectivity index (χ1v) is 10.2. The van der Waals surface area contributed by atoms with Gasteiger partial charge in [0.15, 0.2) is 0 Å². The Hall–Kier alpha value is -2.40. The van der Waals surface area contributed by atoms with Gasteiger partial charge in [-0.05, 0) is 37.5 Å². The average molecular weight is 423 g/mol. The van der Waals surface area contributed by atoms with Crippen LogP contribution in [-0.4, -0.2) is 16.0 Å². The highest BCUT2D eigenvalue weighted by atomic mass is 79.9. The summed E-state index contributed by atoms with van der Waals surface area (Å²) in [4.78, 5) is 9.52. The van der Waals surface area contributed by atoms with Gasteiger partial charge in [-0.1, -0.05) is 65.2 Å². The third kappa shape index (κ3) is 4.30. The first kappa shape index (κ1) is 18.0. The van der Waals surface area contributed by atoms with Gasteiger partial charge in [0.1, 0.15) is 5.82 Å². The standard InChI is InChI=1S/C22H23BrN4/c1-15-18(23)12-7-13-19(15)25-21-14-20(16-8-3-2-4-9-16)26-22(27-21)24-17-10-5-6-11-17/h2-4,7-9,12-14,17H,5-6,10-11H2,1H3,(H2,24,25,26,27). The lowest BCUT2D eigenvalue weighted by Gasteiger charge is -2.16. The maximum absolute atomic E-state index is 4.78. The second-order valence-electron chi connectivity index (χ2n) is 6.99. The molecule has 1 fully saturated rings. The number of rotatable bonds is 5. The van der Waals surface area contributed by atoms with Gasteiger partial charge < -0.3 is 10.6 Å². The molecule has 4 nitrogen and oxygen atoms in total. The second-order valence-corrected chi connectivity index (χ2v) is 7.85. The molecule has 1 saturated carbocycles. The summed E-state index contributed by atoms with van der Waals surface area (Å²) in [6.45, 7) is 2.09. The molecule has 0 unspecified atom stereocenters. The molecular weight excluding hydrogens is 400 g/mol. The van der Waals surface area contributed by atoms with Crippen LogP contribution in [0.5, 0.6) is 0 Å². The molecule has 3 aromatic rings. The van der Waals surface area contributed by atoms with Crippen LogP contribution in [0.2, 0.25) is 0 Å². The number of anilines is 3. The highest BCUT2D eigenvalue weighted by molar-refractivity contribution is 9.10. The lowest BCUT2D eigenvalue weighted by atomic mass is 10.1. The Labute approximate surface area is 168 Å². The Bertz CT molecular complexity index is 921. The molecule has 138 valence electrons. The zero-order chi connectivity index (χ0) is 18.6. The van der Waals surface area contributed by atoms with Crippen molar-refractivity contribution in [3.63, 3.8) is 0 Å². The summed E-state index contributed by atoms with van der Waals surface area (Å²) in [5.41, 5.74) is 4.20. The second kappa shape index (κ2) is 8.09. The van der Waals surface area contributed by atoms with E-state index in [0.717, 1.165) is 32.8 Å². The van der Waals surface area contributed by atoms with Gasteiger partial charge in [0.2, 0.25) is 5.95 Å². The molecule has 0 aliphatic heterocycles. The van der Waals surface area contributed by atoms with Crippen molar-refractivity contribution in [1.29, 1.82) is 0 Å². The van der Waals surface area contributed by atoms with Crippen molar-refractivity contribution in [2.75, 3.05) is 10.6 Å². The zero-order valence-electron chi connectivity index (χ0n) is 15.4.